The van der Waals surface area contributed by atoms with Gasteiger partial charge < -0.3 is 10.2 Å². The molecule has 0 spiro atoms. The van der Waals surface area contributed by atoms with E-state index >= 15 is 0 Å². The molecule has 2 unspecified atom stereocenters. The SMILES string of the molecule is O=C(C1C[C@@H]1F)N1CC2CC[C@H](CN2)C1. The molecule has 1 saturated carbocycles. The molecule has 2 bridgehead atoms. The fraction of sp³-hybridized carbons (Fsp3) is 0.909. The summed E-state index contributed by atoms with van der Waals surface area (Å²) >= 11 is 0. The number of fused-ring (bicyclic) bond motifs is 4. The molecule has 4 atom stereocenters. The summed E-state index contributed by atoms with van der Waals surface area (Å²) in [6.45, 7) is 2.66. The molecule has 3 heterocycles. The number of piperidine rings is 1. The zero-order valence-corrected chi connectivity index (χ0v) is 8.79. The van der Waals surface area contributed by atoms with Gasteiger partial charge in [0, 0.05) is 19.1 Å². The second kappa shape index (κ2) is 3.44. The van der Waals surface area contributed by atoms with E-state index in [9.17, 15) is 9.18 Å². The Labute approximate surface area is 89.0 Å². The number of hydrogen-bond donors (Lipinski definition) is 1. The van der Waals surface area contributed by atoms with Crippen LogP contribution < -0.4 is 5.32 Å². The number of hydrogen-bond acceptors (Lipinski definition) is 2. The van der Waals surface area contributed by atoms with Gasteiger partial charge in [-0.1, -0.05) is 0 Å². The number of carbonyl (C=O) groups excluding carboxylic acids is 1. The summed E-state index contributed by atoms with van der Waals surface area (Å²) in [5.41, 5.74) is 0. The van der Waals surface area contributed by atoms with Gasteiger partial charge in [-0.25, -0.2) is 4.39 Å². The molecule has 1 amide bonds. The molecule has 15 heavy (non-hydrogen) atoms. The first kappa shape index (κ1) is 9.58. The molecular formula is C11H17FN2O. The van der Waals surface area contributed by atoms with Crippen LogP contribution in [0.2, 0.25) is 0 Å². The third-order valence-corrected chi connectivity index (χ3v) is 3.88. The second-order valence-corrected chi connectivity index (χ2v) is 5.15. The van der Waals surface area contributed by atoms with Crippen molar-refractivity contribution in [3.05, 3.63) is 0 Å². The van der Waals surface area contributed by atoms with Crippen LogP contribution in [0.3, 0.4) is 0 Å². The lowest BCUT2D eigenvalue weighted by Gasteiger charge is -2.23. The summed E-state index contributed by atoms with van der Waals surface area (Å²) in [5, 5.41) is 3.45. The predicted molar refractivity (Wildman–Crippen MR) is 54.1 cm³/mol. The van der Waals surface area contributed by atoms with Crippen LogP contribution in [0.5, 0.6) is 0 Å². The normalized spacial score (nSPS) is 43.9. The van der Waals surface area contributed by atoms with Gasteiger partial charge in [0.05, 0.1) is 5.92 Å². The van der Waals surface area contributed by atoms with E-state index in [1.807, 2.05) is 4.90 Å². The molecule has 1 aliphatic carbocycles. The lowest BCUT2D eigenvalue weighted by atomic mass is 9.97. The van der Waals surface area contributed by atoms with Crippen molar-refractivity contribution in [2.75, 3.05) is 19.6 Å². The summed E-state index contributed by atoms with van der Waals surface area (Å²) in [4.78, 5) is 13.8. The standard InChI is InChI=1S/C11H17FN2O/c12-10-3-9(10)11(15)14-5-7-1-2-8(6-14)13-4-7/h7-10,13H,1-6H2/t7-,8?,9?,10+/m1/s1. The summed E-state index contributed by atoms with van der Waals surface area (Å²) < 4.78 is 12.8. The maximum absolute atomic E-state index is 12.8. The lowest BCUT2D eigenvalue weighted by Crippen LogP contribution is -2.41. The van der Waals surface area contributed by atoms with Crippen LogP contribution in [0.1, 0.15) is 19.3 Å². The molecule has 4 fully saturated rings. The Morgan fingerprint density at radius 2 is 2.13 bits per heavy atom. The third-order valence-electron chi connectivity index (χ3n) is 3.88. The lowest BCUT2D eigenvalue weighted by molar-refractivity contribution is -0.133. The highest BCUT2D eigenvalue weighted by molar-refractivity contribution is 5.82. The van der Waals surface area contributed by atoms with E-state index in [4.69, 9.17) is 0 Å². The highest BCUT2D eigenvalue weighted by Gasteiger charge is 2.46. The first-order valence-corrected chi connectivity index (χ1v) is 5.90. The van der Waals surface area contributed by atoms with Crippen molar-refractivity contribution >= 4 is 5.91 Å². The van der Waals surface area contributed by atoms with Gasteiger partial charge in [0.1, 0.15) is 6.17 Å². The Morgan fingerprint density at radius 1 is 1.33 bits per heavy atom. The van der Waals surface area contributed by atoms with E-state index in [1.54, 1.807) is 0 Å². The zero-order chi connectivity index (χ0) is 10.4. The number of halogens is 1. The van der Waals surface area contributed by atoms with Crippen molar-refractivity contribution in [3.63, 3.8) is 0 Å². The Kier molecular flexibility index (Phi) is 2.20. The summed E-state index contributed by atoms with van der Waals surface area (Å²) in [6.07, 6.45) is 1.98. The van der Waals surface area contributed by atoms with Crippen LogP contribution in [0.4, 0.5) is 4.39 Å². The van der Waals surface area contributed by atoms with Gasteiger partial charge in [0.25, 0.3) is 0 Å². The molecule has 3 aliphatic heterocycles. The minimum Gasteiger partial charge on any atom is -0.340 e. The molecule has 0 aromatic carbocycles. The molecule has 0 radical (unpaired) electrons. The molecular weight excluding hydrogens is 195 g/mol. The summed E-state index contributed by atoms with van der Waals surface area (Å²) in [5.74, 6) is 0.343. The molecule has 4 rings (SSSR count). The minimum atomic E-state index is -0.855. The number of rotatable bonds is 1. The van der Waals surface area contributed by atoms with Gasteiger partial charge in [-0.05, 0) is 31.7 Å². The van der Waals surface area contributed by atoms with Crippen LogP contribution in [-0.2, 0) is 4.79 Å². The highest BCUT2D eigenvalue weighted by Crippen LogP contribution is 2.36. The fourth-order valence-corrected chi connectivity index (χ4v) is 2.77. The average molecular weight is 212 g/mol. The second-order valence-electron chi connectivity index (χ2n) is 5.15. The molecule has 1 N–H and O–H groups in total. The average Bonchev–Trinajstić information content (AvgIpc) is 3.00. The van der Waals surface area contributed by atoms with Crippen molar-refractivity contribution in [2.45, 2.75) is 31.5 Å². The number of nitrogens with zero attached hydrogens (tertiary/aromatic N) is 1. The molecule has 84 valence electrons. The van der Waals surface area contributed by atoms with E-state index in [0.29, 0.717) is 18.4 Å². The van der Waals surface area contributed by atoms with Gasteiger partial charge in [0.2, 0.25) is 5.91 Å². The van der Waals surface area contributed by atoms with Gasteiger partial charge in [-0.3, -0.25) is 4.79 Å². The first-order chi connectivity index (χ1) is 7.24. The van der Waals surface area contributed by atoms with Gasteiger partial charge in [-0.2, -0.15) is 0 Å². The Bertz CT molecular complexity index is 262. The molecule has 4 heteroatoms. The minimum absolute atomic E-state index is 0.0584. The zero-order valence-electron chi connectivity index (χ0n) is 8.79. The molecule has 3 saturated heterocycles. The molecule has 3 nitrogen and oxygen atoms in total. The highest BCUT2D eigenvalue weighted by atomic mass is 19.1. The van der Waals surface area contributed by atoms with E-state index in [-0.39, 0.29) is 11.8 Å². The molecule has 0 aromatic heterocycles. The topological polar surface area (TPSA) is 32.3 Å². The maximum atomic E-state index is 12.8. The van der Waals surface area contributed by atoms with Crippen LogP contribution in [-0.4, -0.2) is 42.7 Å². The monoisotopic (exact) mass is 212 g/mol. The van der Waals surface area contributed by atoms with Gasteiger partial charge in [-0.15, -0.1) is 0 Å². The van der Waals surface area contributed by atoms with Crippen molar-refractivity contribution < 1.29 is 9.18 Å². The molecule has 4 aliphatic rings. The Hall–Kier alpha value is -0.640. The predicted octanol–water partition coefficient (Wildman–Crippen LogP) is 0.555. The van der Waals surface area contributed by atoms with Crippen LogP contribution in [0.25, 0.3) is 0 Å². The number of nitrogens with one attached hydrogen (secondary N) is 1. The van der Waals surface area contributed by atoms with Gasteiger partial charge >= 0.3 is 0 Å². The van der Waals surface area contributed by atoms with Crippen molar-refractivity contribution in [3.8, 4) is 0 Å². The van der Waals surface area contributed by atoms with E-state index in [0.717, 1.165) is 26.1 Å². The first-order valence-electron chi connectivity index (χ1n) is 5.90. The van der Waals surface area contributed by atoms with Gasteiger partial charge in [0.15, 0.2) is 0 Å². The maximum Gasteiger partial charge on any atom is 0.228 e. The van der Waals surface area contributed by atoms with E-state index < -0.39 is 6.17 Å². The Morgan fingerprint density at radius 3 is 2.73 bits per heavy atom. The largest absolute Gasteiger partial charge is 0.340 e. The Balaban J connectivity index is 1.68. The summed E-state index contributed by atoms with van der Waals surface area (Å²) in [6, 6.07) is 0.449. The number of amides is 1. The quantitative estimate of drug-likeness (QED) is 0.688. The fourth-order valence-electron chi connectivity index (χ4n) is 2.77. The number of carbonyl (C=O) groups is 1. The van der Waals surface area contributed by atoms with Crippen molar-refractivity contribution in [1.29, 1.82) is 0 Å². The summed E-state index contributed by atoms with van der Waals surface area (Å²) in [7, 11) is 0. The third kappa shape index (κ3) is 1.75. The van der Waals surface area contributed by atoms with Crippen LogP contribution in [0.15, 0.2) is 0 Å². The van der Waals surface area contributed by atoms with E-state index in [1.165, 1.54) is 6.42 Å². The van der Waals surface area contributed by atoms with E-state index in [2.05, 4.69) is 5.32 Å². The number of alkyl halides is 1. The van der Waals surface area contributed by atoms with Crippen LogP contribution >= 0.6 is 0 Å². The molecule has 0 aromatic rings. The van der Waals surface area contributed by atoms with Crippen molar-refractivity contribution in [1.82, 2.24) is 10.2 Å². The smallest absolute Gasteiger partial charge is 0.228 e. The van der Waals surface area contributed by atoms with Crippen LogP contribution in [0, 0.1) is 11.8 Å². The van der Waals surface area contributed by atoms with Crippen molar-refractivity contribution in [2.24, 2.45) is 11.8 Å².